The summed E-state index contributed by atoms with van der Waals surface area (Å²) in [6.07, 6.45) is 1.49. The molecule has 0 aliphatic carbocycles. The highest BCUT2D eigenvalue weighted by Gasteiger charge is 2.15. The monoisotopic (exact) mass is 288 g/mol. The van der Waals surface area contributed by atoms with Gasteiger partial charge in [-0.2, -0.15) is 4.98 Å². The van der Waals surface area contributed by atoms with Crippen LogP contribution in [0.15, 0.2) is 41.1 Å². The van der Waals surface area contributed by atoms with Crippen LogP contribution in [0.2, 0.25) is 5.02 Å². The number of hydrogen-bond donors (Lipinski definition) is 2. The van der Waals surface area contributed by atoms with Crippen LogP contribution in [0.25, 0.3) is 23.0 Å². The molecule has 3 rings (SSSR count). The molecule has 0 spiro atoms. The summed E-state index contributed by atoms with van der Waals surface area (Å²) < 4.78 is 5.12. The van der Waals surface area contributed by atoms with Crippen molar-refractivity contribution < 1.29 is 9.63 Å². The molecule has 0 saturated carbocycles. The lowest BCUT2D eigenvalue weighted by Crippen LogP contribution is -1.88. The summed E-state index contributed by atoms with van der Waals surface area (Å²) in [6.45, 7) is 0. The van der Waals surface area contributed by atoms with Crippen molar-refractivity contribution in [2.75, 3.05) is 5.73 Å². The van der Waals surface area contributed by atoms with Gasteiger partial charge < -0.3 is 15.4 Å². The molecule has 0 unspecified atom stereocenters. The number of rotatable bonds is 2. The topological polar surface area (TPSA) is 98.1 Å². The van der Waals surface area contributed by atoms with Crippen LogP contribution in [0, 0.1) is 0 Å². The lowest BCUT2D eigenvalue weighted by atomic mass is 10.2. The average Bonchev–Trinajstić information content (AvgIpc) is 2.92. The second-order valence-corrected chi connectivity index (χ2v) is 4.46. The molecule has 0 bridgehead atoms. The quantitative estimate of drug-likeness (QED) is 0.556. The highest BCUT2D eigenvalue weighted by molar-refractivity contribution is 6.30. The number of pyridine rings is 1. The molecule has 0 amide bonds. The van der Waals surface area contributed by atoms with Crippen LogP contribution in [0.1, 0.15) is 0 Å². The van der Waals surface area contributed by atoms with E-state index in [1.165, 1.54) is 6.20 Å². The Morgan fingerprint density at radius 2 is 2.05 bits per heavy atom. The van der Waals surface area contributed by atoms with Gasteiger partial charge in [0.25, 0.3) is 5.89 Å². The van der Waals surface area contributed by atoms with Gasteiger partial charge in [-0.15, -0.1) is 0 Å². The summed E-state index contributed by atoms with van der Waals surface area (Å²) in [4.78, 5) is 8.27. The third-order valence-corrected chi connectivity index (χ3v) is 2.90. The summed E-state index contributed by atoms with van der Waals surface area (Å²) in [5.41, 5.74) is 6.76. The summed E-state index contributed by atoms with van der Waals surface area (Å²) in [5, 5.41) is 14.2. The van der Waals surface area contributed by atoms with Crippen LogP contribution in [0.3, 0.4) is 0 Å². The van der Waals surface area contributed by atoms with Gasteiger partial charge in [0.15, 0.2) is 5.75 Å². The first-order valence-corrected chi connectivity index (χ1v) is 6.06. The Morgan fingerprint density at radius 3 is 2.80 bits per heavy atom. The zero-order valence-corrected chi connectivity index (χ0v) is 10.9. The van der Waals surface area contributed by atoms with Gasteiger partial charge in [0, 0.05) is 6.20 Å². The molecule has 6 nitrogen and oxygen atoms in total. The number of nitrogens with two attached hydrogens (primary N) is 1. The first kappa shape index (κ1) is 12.4. The molecule has 20 heavy (non-hydrogen) atoms. The maximum Gasteiger partial charge on any atom is 0.262 e. The van der Waals surface area contributed by atoms with Crippen LogP contribution in [0.5, 0.6) is 5.75 Å². The second-order valence-electron chi connectivity index (χ2n) is 4.03. The molecule has 0 saturated heterocycles. The number of nitrogens with zero attached hydrogens (tertiary/aromatic N) is 3. The molecule has 2 heterocycles. The number of anilines is 1. The molecule has 0 atom stereocenters. The van der Waals surface area contributed by atoms with Crippen LogP contribution in [-0.4, -0.2) is 20.2 Å². The maximum absolute atomic E-state index is 9.88. The van der Waals surface area contributed by atoms with Gasteiger partial charge >= 0.3 is 0 Å². The molecular weight excluding hydrogens is 280 g/mol. The first-order valence-electron chi connectivity index (χ1n) is 5.68. The zero-order chi connectivity index (χ0) is 14.1. The summed E-state index contributed by atoms with van der Waals surface area (Å²) in [5.74, 6) is 0.381. The van der Waals surface area contributed by atoms with Crippen molar-refractivity contribution in [1.82, 2.24) is 15.1 Å². The summed E-state index contributed by atoms with van der Waals surface area (Å²) in [6, 6.07) is 8.26. The van der Waals surface area contributed by atoms with Crippen LogP contribution in [-0.2, 0) is 0 Å². The molecule has 7 heteroatoms. The van der Waals surface area contributed by atoms with Crippen molar-refractivity contribution in [3.63, 3.8) is 0 Å². The van der Waals surface area contributed by atoms with E-state index in [1.54, 1.807) is 30.3 Å². The Hall–Kier alpha value is -2.60. The van der Waals surface area contributed by atoms with E-state index in [1.807, 2.05) is 0 Å². The van der Waals surface area contributed by atoms with Crippen LogP contribution in [0.4, 0.5) is 5.69 Å². The van der Waals surface area contributed by atoms with Crippen LogP contribution >= 0.6 is 11.6 Å². The van der Waals surface area contributed by atoms with Crippen molar-refractivity contribution >= 4 is 17.3 Å². The molecular formula is C13H9ClN4O2. The molecule has 0 aliphatic heterocycles. The Bertz CT molecular complexity index is 755. The first-order chi connectivity index (χ1) is 9.65. The summed E-state index contributed by atoms with van der Waals surface area (Å²) in [7, 11) is 0. The van der Waals surface area contributed by atoms with E-state index in [2.05, 4.69) is 15.1 Å². The molecule has 0 fully saturated rings. The van der Waals surface area contributed by atoms with Crippen molar-refractivity contribution in [3.05, 3.63) is 41.6 Å². The molecule has 2 aromatic heterocycles. The lowest BCUT2D eigenvalue weighted by molar-refractivity contribution is 0.426. The molecule has 1 aromatic carbocycles. The minimum absolute atomic E-state index is 0.0910. The fraction of sp³-hybridized carbons (Fsp3) is 0. The number of halogens is 1. The Labute approximate surface area is 118 Å². The average molecular weight is 289 g/mol. The van der Waals surface area contributed by atoms with E-state index in [-0.39, 0.29) is 17.3 Å². The van der Waals surface area contributed by atoms with Gasteiger partial charge in [-0.05, 0) is 24.3 Å². The number of para-hydroxylation sites is 1. The number of benzene rings is 1. The fourth-order valence-electron chi connectivity index (χ4n) is 1.68. The second kappa shape index (κ2) is 4.82. The third-order valence-electron chi connectivity index (χ3n) is 2.68. The molecule has 3 N–H and O–H groups in total. The largest absolute Gasteiger partial charge is 0.505 e. The van der Waals surface area contributed by atoms with Gasteiger partial charge in [-0.1, -0.05) is 22.8 Å². The third kappa shape index (κ3) is 2.17. The van der Waals surface area contributed by atoms with E-state index < -0.39 is 0 Å². The molecule has 0 radical (unpaired) electrons. The predicted molar refractivity (Wildman–Crippen MR) is 74.1 cm³/mol. The molecule has 0 aliphatic rings. The number of hydrogen-bond acceptors (Lipinski definition) is 6. The minimum atomic E-state index is -0.0910. The molecule has 3 aromatic rings. The number of aromatic hydroxyl groups is 1. The standard InChI is InChI=1S/C13H9ClN4O2/c14-7-4-5-10(16-6-7)12-17-13(20-18-12)8-2-1-3-9(15)11(8)19/h1-6,19H,15H2. The number of phenols is 1. The molecule has 100 valence electrons. The van der Waals surface area contributed by atoms with Gasteiger partial charge in [0.2, 0.25) is 5.82 Å². The van der Waals surface area contributed by atoms with E-state index >= 15 is 0 Å². The lowest BCUT2D eigenvalue weighted by Gasteiger charge is -2.01. The van der Waals surface area contributed by atoms with Crippen molar-refractivity contribution in [1.29, 1.82) is 0 Å². The normalized spacial score (nSPS) is 10.7. The van der Waals surface area contributed by atoms with Gasteiger partial charge in [0.1, 0.15) is 5.69 Å². The van der Waals surface area contributed by atoms with Crippen molar-refractivity contribution in [2.24, 2.45) is 0 Å². The number of aromatic nitrogens is 3. The SMILES string of the molecule is Nc1cccc(-c2nc(-c3ccc(Cl)cn3)no2)c1O. The van der Waals surface area contributed by atoms with E-state index in [0.717, 1.165) is 0 Å². The van der Waals surface area contributed by atoms with Gasteiger partial charge in [-0.25, -0.2) is 0 Å². The smallest absolute Gasteiger partial charge is 0.262 e. The van der Waals surface area contributed by atoms with Gasteiger partial charge in [-0.3, -0.25) is 4.98 Å². The van der Waals surface area contributed by atoms with Crippen LogP contribution < -0.4 is 5.73 Å². The van der Waals surface area contributed by atoms with Gasteiger partial charge in [0.05, 0.1) is 16.3 Å². The maximum atomic E-state index is 9.88. The van der Waals surface area contributed by atoms with E-state index in [0.29, 0.717) is 22.1 Å². The zero-order valence-electron chi connectivity index (χ0n) is 10.1. The summed E-state index contributed by atoms with van der Waals surface area (Å²) >= 11 is 5.76. The van der Waals surface area contributed by atoms with E-state index in [9.17, 15) is 5.11 Å². The minimum Gasteiger partial charge on any atom is -0.505 e. The number of nitrogen functional groups attached to an aromatic ring is 1. The predicted octanol–water partition coefficient (Wildman–Crippen LogP) is 2.74. The van der Waals surface area contributed by atoms with Crippen molar-refractivity contribution in [3.8, 4) is 28.7 Å². The van der Waals surface area contributed by atoms with Crippen molar-refractivity contribution in [2.45, 2.75) is 0 Å². The fourth-order valence-corrected chi connectivity index (χ4v) is 1.79. The Kier molecular flexibility index (Phi) is 3.00. The Balaban J connectivity index is 2.02. The highest BCUT2D eigenvalue weighted by atomic mass is 35.5. The Morgan fingerprint density at radius 1 is 1.20 bits per heavy atom. The highest BCUT2D eigenvalue weighted by Crippen LogP contribution is 2.33. The number of phenolic OH excluding ortho intramolecular Hbond substituents is 1. The van der Waals surface area contributed by atoms with E-state index in [4.69, 9.17) is 21.9 Å².